The molecule has 0 amide bonds. The van der Waals surface area contributed by atoms with Crippen molar-refractivity contribution in [2.45, 2.75) is 31.2 Å². The Labute approximate surface area is 142 Å². The summed E-state index contributed by atoms with van der Waals surface area (Å²) in [5.74, 6) is 1.06. The van der Waals surface area contributed by atoms with Gasteiger partial charge in [-0.2, -0.15) is 4.98 Å². The first-order chi connectivity index (χ1) is 11.4. The Hall–Kier alpha value is -2.03. The monoisotopic (exact) mass is 350 g/mol. The summed E-state index contributed by atoms with van der Waals surface area (Å²) in [5, 5.41) is 7.03. The predicted octanol–water partition coefficient (Wildman–Crippen LogP) is 1.69. The average molecular weight is 350 g/mol. The summed E-state index contributed by atoms with van der Waals surface area (Å²) < 4.78 is 31.4. The molecule has 2 rings (SSSR count). The Bertz CT molecular complexity index is 782. The van der Waals surface area contributed by atoms with E-state index in [1.807, 2.05) is 14.0 Å². The number of sulfonamides is 1. The van der Waals surface area contributed by atoms with Crippen molar-refractivity contribution < 1.29 is 12.9 Å². The number of nitrogens with zero attached hydrogens (tertiary/aromatic N) is 2. The lowest BCUT2D eigenvalue weighted by Crippen LogP contribution is -2.24. The third kappa shape index (κ3) is 4.98. The molecule has 0 fully saturated rings. The third-order valence-electron chi connectivity index (χ3n) is 3.41. The highest BCUT2D eigenvalue weighted by molar-refractivity contribution is 7.89. The summed E-state index contributed by atoms with van der Waals surface area (Å²) in [6.07, 6.45) is 4.18. The molecule has 2 aromatic rings. The number of aromatic nitrogens is 2. The number of rotatable bonds is 8. The molecular formula is C16H22N4O3S. The van der Waals surface area contributed by atoms with Crippen LogP contribution in [0.15, 0.2) is 33.7 Å². The van der Waals surface area contributed by atoms with E-state index in [1.54, 1.807) is 43.3 Å². The van der Waals surface area contributed by atoms with E-state index in [9.17, 15) is 8.42 Å². The summed E-state index contributed by atoms with van der Waals surface area (Å²) in [6.45, 7) is 4.13. The van der Waals surface area contributed by atoms with Gasteiger partial charge >= 0.3 is 0 Å². The Morgan fingerprint density at radius 3 is 2.58 bits per heavy atom. The number of benzene rings is 1. The Balaban J connectivity index is 2.05. The van der Waals surface area contributed by atoms with Crippen LogP contribution in [0.3, 0.4) is 0 Å². The van der Waals surface area contributed by atoms with Crippen LogP contribution in [0.25, 0.3) is 12.2 Å². The SMILES string of the molecule is CCNS(=O)(=O)c1ccc(/C=C/c2nc(CC(C)NC)no2)cc1. The first-order valence-corrected chi connectivity index (χ1v) is 9.20. The summed E-state index contributed by atoms with van der Waals surface area (Å²) >= 11 is 0. The molecule has 0 bridgehead atoms. The number of hydrogen-bond donors (Lipinski definition) is 2. The fourth-order valence-corrected chi connectivity index (χ4v) is 3.03. The van der Waals surface area contributed by atoms with Gasteiger partial charge in [0.15, 0.2) is 5.82 Å². The van der Waals surface area contributed by atoms with Gasteiger partial charge in [-0.1, -0.05) is 24.2 Å². The van der Waals surface area contributed by atoms with Crippen molar-refractivity contribution in [1.82, 2.24) is 20.2 Å². The lowest BCUT2D eigenvalue weighted by molar-refractivity contribution is 0.400. The molecule has 8 heteroatoms. The van der Waals surface area contributed by atoms with Gasteiger partial charge in [0, 0.05) is 25.1 Å². The van der Waals surface area contributed by atoms with Gasteiger partial charge in [-0.25, -0.2) is 13.1 Å². The van der Waals surface area contributed by atoms with Crippen molar-refractivity contribution >= 4 is 22.2 Å². The van der Waals surface area contributed by atoms with Gasteiger partial charge in [0.1, 0.15) is 0 Å². The van der Waals surface area contributed by atoms with Crippen LogP contribution in [0.4, 0.5) is 0 Å². The largest absolute Gasteiger partial charge is 0.335 e. The van der Waals surface area contributed by atoms with Gasteiger partial charge in [-0.15, -0.1) is 0 Å². The van der Waals surface area contributed by atoms with E-state index in [1.165, 1.54) is 0 Å². The van der Waals surface area contributed by atoms with Crippen LogP contribution in [-0.4, -0.2) is 38.2 Å². The molecule has 0 saturated carbocycles. The third-order valence-corrected chi connectivity index (χ3v) is 4.97. The molecule has 7 nitrogen and oxygen atoms in total. The molecule has 0 aliphatic carbocycles. The lowest BCUT2D eigenvalue weighted by Gasteiger charge is -2.04. The van der Waals surface area contributed by atoms with Gasteiger partial charge in [-0.05, 0) is 37.7 Å². The van der Waals surface area contributed by atoms with E-state index in [0.717, 1.165) is 5.56 Å². The minimum absolute atomic E-state index is 0.239. The van der Waals surface area contributed by atoms with Crippen molar-refractivity contribution in [2.75, 3.05) is 13.6 Å². The van der Waals surface area contributed by atoms with E-state index >= 15 is 0 Å². The number of nitrogens with one attached hydrogen (secondary N) is 2. The Kier molecular flexibility index (Phi) is 6.24. The van der Waals surface area contributed by atoms with E-state index in [0.29, 0.717) is 24.7 Å². The highest BCUT2D eigenvalue weighted by Crippen LogP contribution is 2.13. The van der Waals surface area contributed by atoms with E-state index in [-0.39, 0.29) is 10.9 Å². The summed E-state index contributed by atoms with van der Waals surface area (Å²) in [6, 6.07) is 6.84. The summed E-state index contributed by atoms with van der Waals surface area (Å²) in [7, 11) is -1.55. The van der Waals surface area contributed by atoms with E-state index in [4.69, 9.17) is 4.52 Å². The van der Waals surface area contributed by atoms with Gasteiger partial charge in [0.2, 0.25) is 10.0 Å². The zero-order valence-corrected chi connectivity index (χ0v) is 14.8. The van der Waals surface area contributed by atoms with Crippen LogP contribution in [-0.2, 0) is 16.4 Å². The second kappa shape index (κ2) is 8.18. The Morgan fingerprint density at radius 1 is 1.25 bits per heavy atom. The first-order valence-electron chi connectivity index (χ1n) is 7.72. The maximum atomic E-state index is 11.9. The molecule has 130 valence electrons. The average Bonchev–Trinajstić information content (AvgIpc) is 3.00. The zero-order chi connectivity index (χ0) is 17.6. The van der Waals surface area contributed by atoms with Crippen LogP contribution in [0, 0.1) is 0 Å². The minimum Gasteiger partial charge on any atom is -0.335 e. The number of hydrogen-bond acceptors (Lipinski definition) is 6. The van der Waals surface area contributed by atoms with Gasteiger partial charge in [0.25, 0.3) is 5.89 Å². The smallest absolute Gasteiger partial charge is 0.250 e. The highest BCUT2D eigenvalue weighted by Gasteiger charge is 2.11. The van der Waals surface area contributed by atoms with Gasteiger partial charge in [-0.3, -0.25) is 0 Å². The molecule has 0 saturated heterocycles. The fraction of sp³-hybridized carbons (Fsp3) is 0.375. The minimum atomic E-state index is -3.43. The van der Waals surface area contributed by atoms with Crippen LogP contribution in [0.1, 0.15) is 31.1 Å². The van der Waals surface area contributed by atoms with Crippen molar-refractivity contribution in [3.05, 3.63) is 41.5 Å². The molecule has 1 aromatic carbocycles. The molecular weight excluding hydrogens is 328 g/mol. The Morgan fingerprint density at radius 2 is 1.96 bits per heavy atom. The highest BCUT2D eigenvalue weighted by atomic mass is 32.2. The van der Waals surface area contributed by atoms with Crippen molar-refractivity contribution in [2.24, 2.45) is 0 Å². The topological polar surface area (TPSA) is 97.1 Å². The van der Waals surface area contributed by atoms with Crippen molar-refractivity contribution in [3.8, 4) is 0 Å². The van der Waals surface area contributed by atoms with Gasteiger partial charge < -0.3 is 9.84 Å². The predicted molar refractivity (Wildman–Crippen MR) is 92.8 cm³/mol. The summed E-state index contributed by atoms with van der Waals surface area (Å²) in [4.78, 5) is 4.52. The molecule has 24 heavy (non-hydrogen) atoms. The summed E-state index contributed by atoms with van der Waals surface area (Å²) in [5.41, 5.74) is 0.841. The quantitative estimate of drug-likeness (QED) is 0.752. The lowest BCUT2D eigenvalue weighted by atomic mass is 10.2. The van der Waals surface area contributed by atoms with E-state index < -0.39 is 10.0 Å². The fourth-order valence-electron chi connectivity index (χ4n) is 1.99. The second-order valence-electron chi connectivity index (χ2n) is 5.35. The standard InChI is InChI=1S/C16H22N4O3S/c1-4-18-24(21,22)14-8-5-13(6-9-14)7-10-16-19-15(20-23-16)11-12(2)17-3/h5-10,12,17-18H,4,11H2,1-3H3/b10-7+. The second-order valence-corrected chi connectivity index (χ2v) is 7.11. The maximum absolute atomic E-state index is 11.9. The molecule has 0 aliphatic rings. The zero-order valence-electron chi connectivity index (χ0n) is 14.0. The normalized spacial score (nSPS) is 13.5. The van der Waals surface area contributed by atoms with Gasteiger partial charge in [0.05, 0.1) is 4.90 Å². The first kappa shape index (κ1) is 18.3. The van der Waals surface area contributed by atoms with Crippen LogP contribution < -0.4 is 10.0 Å². The molecule has 0 radical (unpaired) electrons. The van der Waals surface area contributed by atoms with Crippen LogP contribution in [0.5, 0.6) is 0 Å². The van der Waals surface area contributed by atoms with Crippen molar-refractivity contribution in [1.29, 1.82) is 0 Å². The molecule has 1 unspecified atom stereocenters. The van der Waals surface area contributed by atoms with E-state index in [2.05, 4.69) is 20.2 Å². The molecule has 1 aromatic heterocycles. The molecule has 1 heterocycles. The molecule has 0 aliphatic heterocycles. The van der Waals surface area contributed by atoms with Crippen LogP contribution in [0.2, 0.25) is 0 Å². The molecule has 0 spiro atoms. The van der Waals surface area contributed by atoms with Crippen molar-refractivity contribution in [3.63, 3.8) is 0 Å². The molecule has 2 N–H and O–H groups in total. The molecule has 1 atom stereocenters. The number of likely N-dealkylation sites (N-methyl/N-ethyl adjacent to an activating group) is 1. The maximum Gasteiger partial charge on any atom is 0.250 e. The van der Waals surface area contributed by atoms with Crippen LogP contribution >= 0.6 is 0 Å².